The maximum atomic E-state index is 5.68. The molecule has 3 nitrogen and oxygen atoms in total. The minimum Gasteiger partial charge on any atom is -0.376 e. The standard InChI is InChI=1S/C24H51O3Si/c1-6-8-9-10-11-12-13-14-15-16-17-18-19-20-21-23-24(22-7-2)28(25-3,26-4)27-5/h6-23H2,1-5H3. The summed E-state index contributed by atoms with van der Waals surface area (Å²) >= 11 is 0. The second kappa shape index (κ2) is 20.4. The lowest BCUT2D eigenvalue weighted by molar-refractivity contribution is 0.123. The van der Waals surface area contributed by atoms with E-state index in [2.05, 4.69) is 13.8 Å². The fourth-order valence-corrected chi connectivity index (χ4v) is 6.53. The van der Waals surface area contributed by atoms with Gasteiger partial charge in [0.1, 0.15) is 0 Å². The van der Waals surface area contributed by atoms with E-state index in [0.717, 1.165) is 19.3 Å². The molecule has 28 heavy (non-hydrogen) atoms. The zero-order valence-corrected chi connectivity index (χ0v) is 21.0. The fraction of sp³-hybridized carbons (Fsp3) is 0.958. The highest BCUT2D eigenvalue weighted by atomic mass is 28.4. The molecular weight excluding hydrogens is 364 g/mol. The van der Waals surface area contributed by atoms with Crippen LogP contribution in [-0.4, -0.2) is 30.1 Å². The first-order valence-corrected chi connectivity index (χ1v) is 13.9. The van der Waals surface area contributed by atoms with Crippen LogP contribution in [0.5, 0.6) is 0 Å². The van der Waals surface area contributed by atoms with E-state index in [1.54, 1.807) is 21.3 Å². The smallest absolute Gasteiger partial charge is 0.376 e. The van der Waals surface area contributed by atoms with E-state index in [1.165, 1.54) is 102 Å². The van der Waals surface area contributed by atoms with Gasteiger partial charge in [0.25, 0.3) is 0 Å². The van der Waals surface area contributed by atoms with Gasteiger partial charge in [-0.3, -0.25) is 0 Å². The van der Waals surface area contributed by atoms with Crippen molar-refractivity contribution in [1.29, 1.82) is 0 Å². The lowest BCUT2D eigenvalue weighted by Crippen LogP contribution is -2.49. The van der Waals surface area contributed by atoms with Gasteiger partial charge in [-0.05, 0) is 12.8 Å². The van der Waals surface area contributed by atoms with Gasteiger partial charge in [0.05, 0.1) is 5.54 Å². The predicted octanol–water partition coefficient (Wildman–Crippen LogP) is 8.04. The number of rotatable bonds is 22. The van der Waals surface area contributed by atoms with E-state index < -0.39 is 8.80 Å². The fourth-order valence-electron chi connectivity index (χ4n) is 4.13. The van der Waals surface area contributed by atoms with Gasteiger partial charge in [0.15, 0.2) is 0 Å². The molecule has 0 amide bonds. The third-order valence-electron chi connectivity index (χ3n) is 5.87. The molecule has 0 bridgehead atoms. The van der Waals surface area contributed by atoms with Crippen LogP contribution < -0.4 is 0 Å². The summed E-state index contributed by atoms with van der Waals surface area (Å²) in [6, 6.07) is 0. The molecule has 0 spiro atoms. The van der Waals surface area contributed by atoms with Crippen molar-refractivity contribution in [3.63, 3.8) is 0 Å². The van der Waals surface area contributed by atoms with Crippen molar-refractivity contribution < 1.29 is 13.3 Å². The molecule has 0 heterocycles. The van der Waals surface area contributed by atoms with Crippen molar-refractivity contribution in [3.8, 4) is 0 Å². The molecule has 0 rings (SSSR count). The molecule has 0 aliphatic carbocycles. The molecule has 0 saturated heterocycles. The summed E-state index contributed by atoms with van der Waals surface area (Å²) in [5, 5.41) is 0. The summed E-state index contributed by atoms with van der Waals surface area (Å²) in [6.45, 7) is 4.50. The molecule has 0 fully saturated rings. The Balaban J connectivity index is 3.59. The Labute approximate surface area is 178 Å². The van der Waals surface area contributed by atoms with Crippen LogP contribution in [0.1, 0.15) is 129 Å². The SMILES string of the molecule is CCCCCCCCCCCCCCCCC[C](CCC)[Si](OC)(OC)OC. The third-order valence-corrected chi connectivity index (χ3v) is 8.85. The van der Waals surface area contributed by atoms with Gasteiger partial charge in [-0.2, -0.15) is 0 Å². The van der Waals surface area contributed by atoms with E-state index in [4.69, 9.17) is 13.3 Å². The highest BCUT2D eigenvalue weighted by Gasteiger charge is 2.46. The molecule has 0 unspecified atom stereocenters. The average molecular weight is 416 g/mol. The van der Waals surface area contributed by atoms with Gasteiger partial charge in [0, 0.05) is 21.3 Å². The Kier molecular flexibility index (Phi) is 20.4. The van der Waals surface area contributed by atoms with E-state index in [0.29, 0.717) is 0 Å². The zero-order valence-electron chi connectivity index (χ0n) is 20.0. The van der Waals surface area contributed by atoms with Crippen LogP contribution in [0.4, 0.5) is 0 Å². The Morgan fingerprint density at radius 2 is 0.821 bits per heavy atom. The molecule has 0 saturated carbocycles. The molecule has 4 heteroatoms. The van der Waals surface area contributed by atoms with Crippen LogP contribution in [0.2, 0.25) is 0 Å². The quantitative estimate of drug-likeness (QED) is 0.132. The van der Waals surface area contributed by atoms with Crippen molar-refractivity contribution in [2.24, 2.45) is 0 Å². The molecule has 169 valence electrons. The van der Waals surface area contributed by atoms with Gasteiger partial charge in [-0.25, -0.2) is 0 Å². The molecule has 0 aromatic rings. The van der Waals surface area contributed by atoms with Gasteiger partial charge in [-0.15, -0.1) is 0 Å². The highest BCUT2D eigenvalue weighted by molar-refractivity contribution is 6.66. The summed E-state index contributed by atoms with van der Waals surface area (Å²) in [5.74, 6) is 0. The summed E-state index contributed by atoms with van der Waals surface area (Å²) in [7, 11) is 2.61. The summed E-state index contributed by atoms with van der Waals surface area (Å²) in [5.41, 5.74) is 1.37. The van der Waals surface area contributed by atoms with Crippen LogP contribution in [-0.2, 0) is 13.3 Å². The number of hydrogen-bond acceptors (Lipinski definition) is 3. The zero-order chi connectivity index (χ0) is 20.9. The first kappa shape index (κ1) is 28.1. The second-order valence-electron chi connectivity index (χ2n) is 8.22. The largest absolute Gasteiger partial charge is 0.507 e. The number of hydrogen-bond donors (Lipinski definition) is 0. The molecule has 0 aromatic carbocycles. The van der Waals surface area contributed by atoms with Gasteiger partial charge < -0.3 is 13.3 Å². The number of unbranched alkanes of at least 4 members (excludes halogenated alkanes) is 14. The van der Waals surface area contributed by atoms with E-state index in [1.807, 2.05) is 0 Å². The lowest BCUT2D eigenvalue weighted by Gasteiger charge is -2.32. The van der Waals surface area contributed by atoms with Gasteiger partial charge >= 0.3 is 8.80 Å². The molecular formula is C24H51O3Si. The molecule has 0 aliphatic heterocycles. The predicted molar refractivity (Wildman–Crippen MR) is 124 cm³/mol. The first-order chi connectivity index (χ1) is 13.7. The van der Waals surface area contributed by atoms with Crippen molar-refractivity contribution in [2.75, 3.05) is 21.3 Å². The van der Waals surface area contributed by atoms with Crippen LogP contribution in [0.25, 0.3) is 0 Å². The normalized spacial score (nSPS) is 12.2. The summed E-state index contributed by atoms with van der Waals surface area (Å²) in [4.78, 5) is 0. The van der Waals surface area contributed by atoms with Crippen LogP contribution >= 0.6 is 0 Å². The Morgan fingerprint density at radius 3 is 1.14 bits per heavy atom. The lowest BCUT2D eigenvalue weighted by atomic mass is 10.0. The van der Waals surface area contributed by atoms with Crippen molar-refractivity contribution in [3.05, 3.63) is 5.54 Å². The average Bonchev–Trinajstić information content (AvgIpc) is 2.72. The topological polar surface area (TPSA) is 27.7 Å². The van der Waals surface area contributed by atoms with Crippen LogP contribution in [0.3, 0.4) is 0 Å². The van der Waals surface area contributed by atoms with E-state index in [9.17, 15) is 0 Å². The van der Waals surface area contributed by atoms with Crippen molar-refractivity contribution in [2.45, 2.75) is 129 Å². The molecule has 0 aromatic heterocycles. The van der Waals surface area contributed by atoms with Gasteiger partial charge in [-0.1, -0.05) is 117 Å². The van der Waals surface area contributed by atoms with Crippen molar-refractivity contribution >= 4 is 8.80 Å². The Morgan fingerprint density at radius 1 is 0.464 bits per heavy atom. The van der Waals surface area contributed by atoms with E-state index in [-0.39, 0.29) is 0 Å². The first-order valence-electron chi connectivity index (χ1n) is 12.2. The molecule has 0 N–H and O–H groups in total. The maximum absolute atomic E-state index is 5.68. The highest BCUT2D eigenvalue weighted by Crippen LogP contribution is 2.30. The van der Waals surface area contributed by atoms with E-state index >= 15 is 0 Å². The minimum atomic E-state index is -2.56. The molecule has 1 radical (unpaired) electrons. The monoisotopic (exact) mass is 415 g/mol. The summed E-state index contributed by atoms with van der Waals surface area (Å²) < 4.78 is 17.0. The molecule has 0 atom stereocenters. The Bertz CT molecular complexity index is 300. The maximum Gasteiger partial charge on any atom is 0.507 e. The Hall–Kier alpha value is 0.0969. The minimum absolute atomic E-state index is 1.06. The third kappa shape index (κ3) is 13.3. The summed E-state index contributed by atoms with van der Waals surface area (Å²) in [6.07, 6.45) is 24.3. The molecule has 0 aliphatic rings. The van der Waals surface area contributed by atoms with Crippen molar-refractivity contribution in [1.82, 2.24) is 0 Å². The van der Waals surface area contributed by atoms with Gasteiger partial charge in [0.2, 0.25) is 0 Å². The van der Waals surface area contributed by atoms with Crippen LogP contribution in [0, 0.1) is 5.54 Å². The van der Waals surface area contributed by atoms with Crippen LogP contribution in [0.15, 0.2) is 0 Å². The second-order valence-corrected chi connectivity index (χ2v) is 11.3.